The molecular formula is C13H21N3O3. The van der Waals surface area contributed by atoms with E-state index in [1.807, 2.05) is 0 Å². The van der Waals surface area contributed by atoms with Crippen molar-refractivity contribution >= 4 is 5.97 Å². The minimum Gasteiger partial charge on any atom is -0.481 e. The maximum Gasteiger partial charge on any atom is 0.306 e. The molecule has 1 fully saturated rings. The Morgan fingerprint density at radius 1 is 1.58 bits per heavy atom. The Hall–Kier alpha value is -1.43. The number of carboxylic acids is 1. The third-order valence-corrected chi connectivity index (χ3v) is 3.71. The van der Waals surface area contributed by atoms with E-state index in [1.165, 1.54) is 0 Å². The first-order chi connectivity index (χ1) is 9.10. The van der Waals surface area contributed by atoms with Crippen molar-refractivity contribution in [2.75, 3.05) is 13.1 Å². The second-order valence-corrected chi connectivity index (χ2v) is 5.29. The molecule has 1 atom stereocenters. The molecule has 1 aliphatic heterocycles. The first-order valence-corrected chi connectivity index (χ1v) is 6.86. The lowest BCUT2D eigenvalue weighted by Crippen LogP contribution is -2.50. The Morgan fingerprint density at radius 2 is 2.32 bits per heavy atom. The Bertz CT molecular complexity index is 427. The van der Waals surface area contributed by atoms with Gasteiger partial charge in [-0.15, -0.1) is 0 Å². The van der Waals surface area contributed by atoms with Crippen LogP contribution in [-0.4, -0.2) is 39.2 Å². The molecule has 1 aromatic rings. The van der Waals surface area contributed by atoms with Crippen molar-refractivity contribution in [1.82, 2.24) is 15.0 Å². The molecular weight excluding hydrogens is 246 g/mol. The van der Waals surface area contributed by atoms with Crippen molar-refractivity contribution in [3.63, 3.8) is 0 Å². The average Bonchev–Trinajstić information content (AvgIpc) is 2.77. The third kappa shape index (κ3) is 3.53. The SMILES string of the molecule is CCCCc1noc(CN2CC(C(C)C(=O)O)C2)n1. The highest BCUT2D eigenvalue weighted by molar-refractivity contribution is 5.70. The number of unbranched alkanes of at least 4 members (excludes halogenated alkanes) is 1. The van der Waals surface area contributed by atoms with E-state index in [9.17, 15) is 4.79 Å². The van der Waals surface area contributed by atoms with Crippen LogP contribution in [0, 0.1) is 11.8 Å². The molecule has 6 heteroatoms. The van der Waals surface area contributed by atoms with Crippen LogP contribution < -0.4 is 0 Å². The summed E-state index contributed by atoms with van der Waals surface area (Å²) in [5.41, 5.74) is 0. The lowest BCUT2D eigenvalue weighted by molar-refractivity contribution is -0.145. The highest BCUT2D eigenvalue weighted by Crippen LogP contribution is 2.25. The van der Waals surface area contributed by atoms with Gasteiger partial charge in [-0.3, -0.25) is 9.69 Å². The highest BCUT2D eigenvalue weighted by Gasteiger charge is 2.35. The highest BCUT2D eigenvalue weighted by atomic mass is 16.5. The molecule has 0 saturated carbocycles. The van der Waals surface area contributed by atoms with Gasteiger partial charge in [0.05, 0.1) is 12.5 Å². The molecule has 0 aromatic carbocycles. The number of aliphatic carboxylic acids is 1. The van der Waals surface area contributed by atoms with Gasteiger partial charge in [-0.25, -0.2) is 0 Å². The van der Waals surface area contributed by atoms with E-state index in [-0.39, 0.29) is 11.8 Å². The topological polar surface area (TPSA) is 79.5 Å². The van der Waals surface area contributed by atoms with Gasteiger partial charge in [0.1, 0.15) is 0 Å². The zero-order valence-corrected chi connectivity index (χ0v) is 11.5. The number of likely N-dealkylation sites (tertiary alicyclic amines) is 1. The van der Waals surface area contributed by atoms with E-state index >= 15 is 0 Å². The van der Waals surface area contributed by atoms with Crippen LogP contribution in [0.25, 0.3) is 0 Å². The Kier molecular flexibility index (Phi) is 4.52. The van der Waals surface area contributed by atoms with E-state index in [2.05, 4.69) is 22.0 Å². The summed E-state index contributed by atoms with van der Waals surface area (Å²) in [4.78, 5) is 17.3. The maximum atomic E-state index is 10.8. The van der Waals surface area contributed by atoms with Crippen molar-refractivity contribution in [2.45, 2.75) is 39.7 Å². The predicted molar refractivity (Wildman–Crippen MR) is 68.5 cm³/mol. The normalized spacial score (nSPS) is 18.2. The van der Waals surface area contributed by atoms with Crippen molar-refractivity contribution in [3.8, 4) is 0 Å². The summed E-state index contributed by atoms with van der Waals surface area (Å²) in [6, 6.07) is 0. The number of aryl methyl sites for hydroxylation is 1. The molecule has 0 bridgehead atoms. The third-order valence-electron chi connectivity index (χ3n) is 3.71. The maximum absolute atomic E-state index is 10.8. The quantitative estimate of drug-likeness (QED) is 0.807. The van der Waals surface area contributed by atoms with Crippen molar-refractivity contribution in [2.24, 2.45) is 11.8 Å². The van der Waals surface area contributed by atoms with Gasteiger partial charge >= 0.3 is 5.97 Å². The van der Waals surface area contributed by atoms with Crippen LogP contribution in [0.1, 0.15) is 38.4 Å². The smallest absolute Gasteiger partial charge is 0.306 e. The van der Waals surface area contributed by atoms with Gasteiger partial charge in [0.25, 0.3) is 0 Å². The van der Waals surface area contributed by atoms with Crippen LogP contribution in [0.2, 0.25) is 0 Å². The molecule has 1 unspecified atom stereocenters. The van der Waals surface area contributed by atoms with Crippen LogP contribution in [0.4, 0.5) is 0 Å². The van der Waals surface area contributed by atoms with Crippen LogP contribution in [0.15, 0.2) is 4.52 Å². The van der Waals surface area contributed by atoms with Gasteiger partial charge < -0.3 is 9.63 Å². The summed E-state index contributed by atoms with van der Waals surface area (Å²) >= 11 is 0. The molecule has 2 heterocycles. The van der Waals surface area contributed by atoms with Crippen molar-refractivity contribution < 1.29 is 14.4 Å². The Balaban J connectivity index is 1.75. The van der Waals surface area contributed by atoms with E-state index < -0.39 is 5.97 Å². The molecule has 1 aliphatic rings. The lowest BCUT2D eigenvalue weighted by atomic mass is 9.87. The number of carboxylic acid groups (broad SMARTS) is 1. The largest absolute Gasteiger partial charge is 0.481 e. The van der Waals surface area contributed by atoms with Crippen molar-refractivity contribution in [3.05, 3.63) is 11.7 Å². The van der Waals surface area contributed by atoms with Gasteiger partial charge in [0.2, 0.25) is 5.89 Å². The fraction of sp³-hybridized carbons (Fsp3) is 0.769. The average molecular weight is 267 g/mol. The molecule has 19 heavy (non-hydrogen) atoms. The summed E-state index contributed by atoms with van der Waals surface area (Å²) < 4.78 is 5.19. The number of aromatic nitrogens is 2. The number of carbonyl (C=O) groups is 1. The minimum atomic E-state index is -0.718. The zero-order valence-electron chi connectivity index (χ0n) is 11.5. The van der Waals surface area contributed by atoms with Crippen LogP contribution in [0.3, 0.4) is 0 Å². The van der Waals surface area contributed by atoms with Gasteiger partial charge in [0.15, 0.2) is 5.82 Å². The number of hydrogen-bond acceptors (Lipinski definition) is 5. The van der Waals surface area contributed by atoms with Crippen LogP contribution in [-0.2, 0) is 17.8 Å². The van der Waals surface area contributed by atoms with E-state index in [1.54, 1.807) is 6.92 Å². The Labute approximate surface area is 112 Å². The second-order valence-electron chi connectivity index (χ2n) is 5.29. The summed E-state index contributed by atoms with van der Waals surface area (Å²) in [5, 5.41) is 12.9. The molecule has 0 spiro atoms. The number of rotatable bonds is 7. The zero-order chi connectivity index (χ0) is 13.8. The predicted octanol–water partition coefficient (Wildman–Crippen LogP) is 1.56. The molecule has 0 amide bonds. The van der Waals surface area contributed by atoms with Gasteiger partial charge in [-0.05, 0) is 12.3 Å². The molecule has 2 rings (SSSR count). The first kappa shape index (κ1) is 14.0. The molecule has 1 saturated heterocycles. The molecule has 6 nitrogen and oxygen atoms in total. The van der Waals surface area contributed by atoms with E-state index in [0.29, 0.717) is 12.4 Å². The molecule has 106 valence electrons. The van der Waals surface area contributed by atoms with Crippen LogP contribution >= 0.6 is 0 Å². The van der Waals surface area contributed by atoms with E-state index in [0.717, 1.165) is 38.2 Å². The fourth-order valence-corrected chi connectivity index (χ4v) is 2.24. The standard InChI is InChI=1S/C13H21N3O3/c1-3-4-5-11-14-12(19-15-11)8-16-6-10(7-16)9(2)13(17)18/h9-10H,3-8H2,1-2H3,(H,17,18). The first-order valence-electron chi connectivity index (χ1n) is 6.86. The summed E-state index contributed by atoms with van der Waals surface area (Å²) in [7, 11) is 0. The van der Waals surface area contributed by atoms with Gasteiger partial charge in [0, 0.05) is 19.5 Å². The second kappa shape index (κ2) is 6.14. The minimum absolute atomic E-state index is 0.236. The lowest BCUT2D eigenvalue weighted by Gasteiger charge is -2.40. The summed E-state index contributed by atoms with van der Waals surface area (Å²) in [6.07, 6.45) is 3.05. The fourth-order valence-electron chi connectivity index (χ4n) is 2.24. The summed E-state index contributed by atoms with van der Waals surface area (Å²) in [6.45, 7) is 6.10. The van der Waals surface area contributed by atoms with Crippen LogP contribution in [0.5, 0.6) is 0 Å². The molecule has 1 N–H and O–H groups in total. The monoisotopic (exact) mass is 267 g/mol. The van der Waals surface area contributed by atoms with E-state index in [4.69, 9.17) is 9.63 Å². The molecule has 0 radical (unpaired) electrons. The van der Waals surface area contributed by atoms with Gasteiger partial charge in [-0.1, -0.05) is 25.4 Å². The molecule has 1 aromatic heterocycles. The number of hydrogen-bond donors (Lipinski definition) is 1. The summed E-state index contributed by atoms with van der Waals surface area (Å²) in [5.74, 6) is 0.642. The molecule has 0 aliphatic carbocycles. The Morgan fingerprint density at radius 3 is 2.95 bits per heavy atom. The van der Waals surface area contributed by atoms with Crippen molar-refractivity contribution in [1.29, 1.82) is 0 Å². The number of nitrogens with zero attached hydrogens (tertiary/aromatic N) is 3. The van der Waals surface area contributed by atoms with Gasteiger partial charge in [-0.2, -0.15) is 4.98 Å².